The number of esters is 1. The quantitative estimate of drug-likeness (QED) is 0.717. The van der Waals surface area contributed by atoms with Crippen molar-refractivity contribution >= 4 is 22.6 Å². The molecule has 3 aromatic rings. The van der Waals surface area contributed by atoms with Crippen molar-refractivity contribution in [3.8, 4) is 11.3 Å². The van der Waals surface area contributed by atoms with Gasteiger partial charge in [-0.05, 0) is 30.7 Å². The van der Waals surface area contributed by atoms with Crippen molar-refractivity contribution in [1.82, 2.24) is 4.98 Å². The van der Waals surface area contributed by atoms with Crippen LogP contribution in [0.1, 0.15) is 6.92 Å². The van der Waals surface area contributed by atoms with Crippen LogP contribution in [-0.4, -0.2) is 24.1 Å². The second-order valence-corrected chi connectivity index (χ2v) is 5.36. The van der Waals surface area contributed by atoms with Gasteiger partial charge in [-0.1, -0.05) is 30.3 Å². The van der Waals surface area contributed by atoms with E-state index in [0.717, 1.165) is 22.2 Å². The molecule has 1 atom stereocenters. The number of aromatic nitrogens is 1. The number of ether oxygens (including phenoxy) is 1. The molecule has 23 heavy (non-hydrogen) atoms. The van der Waals surface area contributed by atoms with E-state index >= 15 is 0 Å². The van der Waals surface area contributed by atoms with Crippen molar-refractivity contribution in [3.63, 3.8) is 0 Å². The Balaban J connectivity index is 2.04. The van der Waals surface area contributed by atoms with Crippen LogP contribution in [-0.2, 0) is 9.53 Å². The number of halogens is 1. The van der Waals surface area contributed by atoms with Gasteiger partial charge in [-0.2, -0.15) is 0 Å². The van der Waals surface area contributed by atoms with Gasteiger partial charge in [0.1, 0.15) is 11.9 Å². The smallest absolute Gasteiger partial charge is 0.327 e. The van der Waals surface area contributed by atoms with Crippen LogP contribution in [0.5, 0.6) is 0 Å². The van der Waals surface area contributed by atoms with Gasteiger partial charge in [-0.3, -0.25) is 0 Å². The number of H-pyrrole nitrogens is 1. The Morgan fingerprint density at radius 2 is 1.96 bits per heavy atom. The van der Waals surface area contributed by atoms with E-state index in [0.29, 0.717) is 5.69 Å². The zero-order chi connectivity index (χ0) is 16.4. The van der Waals surface area contributed by atoms with Crippen LogP contribution in [0.2, 0.25) is 0 Å². The Hall–Kier alpha value is -2.82. The fraction of sp³-hybridized carbons (Fsp3) is 0.167. The van der Waals surface area contributed by atoms with Crippen molar-refractivity contribution in [2.24, 2.45) is 0 Å². The van der Waals surface area contributed by atoms with Crippen molar-refractivity contribution in [1.29, 1.82) is 0 Å². The molecular formula is C18H17FN2O2. The van der Waals surface area contributed by atoms with Crippen LogP contribution in [0.15, 0.2) is 48.5 Å². The summed E-state index contributed by atoms with van der Waals surface area (Å²) in [7, 11) is 1.32. The van der Waals surface area contributed by atoms with Gasteiger partial charge in [-0.25, -0.2) is 9.18 Å². The summed E-state index contributed by atoms with van der Waals surface area (Å²) in [4.78, 5) is 14.9. The van der Waals surface area contributed by atoms with E-state index in [1.54, 1.807) is 6.92 Å². The molecule has 5 heteroatoms. The number of benzene rings is 2. The number of rotatable bonds is 4. The summed E-state index contributed by atoms with van der Waals surface area (Å²) >= 11 is 0. The summed E-state index contributed by atoms with van der Waals surface area (Å²) in [5.74, 6) is -0.770. The van der Waals surface area contributed by atoms with Gasteiger partial charge >= 0.3 is 5.97 Å². The largest absolute Gasteiger partial charge is 0.467 e. The van der Waals surface area contributed by atoms with Crippen LogP contribution >= 0.6 is 0 Å². The lowest BCUT2D eigenvalue weighted by Crippen LogP contribution is -2.27. The highest BCUT2D eigenvalue weighted by Crippen LogP contribution is 2.30. The number of hydrogen-bond acceptors (Lipinski definition) is 3. The number of carbonyl (C=O) groups excluding carboxylic acids is 1. The average Bonchev–Trinajstić information content (AvgIpc) is 2.98. The van der Waals surface area contributed by atoms with E-state index in [4.69, 9.17) is 4.74 Å². The highest BCUT2D eigenvalue weighted by atomic mass is 19.1. The highest BCUT2D eigenvalue weighted by molar-refractivity contribution is 5.96. The van der Waals surface area contributed by atoms with Gasteiger partial charge in [0.05, 0.1) is 18.3 Å². The summed E-state index contributed by atoms with van der Waals surface area (Å²) in [6, 6.07) is 13.9. The molecule has 1 heterocycles. The van der Waals surface area contributed by atoms with E-state index < -0.39 is 12.0 Å². The van der Waals surface area contributed by atoms with Crippen LogP contribution in [0.3, 0.4) is 0 Å². The number of carbonyl (C=O) groups is 1. The summed E-state index contributed by atoms with van der Waals surface area (Å²) in [6.45, 7) is 1.67. The third-order valence-electron chi connectivity index (χ3n) is 3.70. The van der Waals surface area contributed by atoms with Gasteiger partial charge in [0.25, 0.3) is 0 Å². The van der Waals surface area contributed by atoms with Crippen LogP contribution < -0.4 is 5.32 Å². The Morgan fingerprint density at radius 1 is 1.22 bits per heavy atom. The first-order valence-corrected chi connectivity index (χ1v) is 7.30. The molecule has 1 unspecified atom stereocenters. The second kappa shape index (κ2) is 6.12. The number of nitrogens with one attached hydrogen (secondary N) is 2. The van der Waals surface area contributed by atoms with Gasteiger partial charge < -0.3 is 15.0 Å². The van der Waals surface area contributed by atoms with Crippen molar-refractivity contribution in [2.75, 3.05) is 12.4 Å². The average molecular weight is 312 g/mol. The molecule has 2 N–H and O–H groups in total. The minimum atomic E-state index is -0.575. The molecule has 2 aromatic carbocycles. The first-order valence-electron chi connectivity index (χ1n) is 7.30. The second-order valence-electron chi connectivity index (χ2n) is 5.36. The molecule has 0 amide bonds. The summed E-state index contributed by atoms with van der Waals surface area (Å²) in [5.41, 5.74) is 3.18. The molecule has 0 saturated heterocycles. The Labute approximate surface area is 133 Å². The summed E-state index contributed by atoms with van der Waals surface area (Å²) in [6.07, 6.45) is 0. The molecule has 0 radical (unpaired) electrons. The Kier molecular flexibility index (Phi) is 4.02. The SMILES string of the molecule is COC(=O)C(C)Nc1cc(F)cc2cc(-c3ccccc3)[nH]c12. The molecule has 0 aliphatic carbocycles. The van der Waals surface area contributed by atoms with E-state index in [1.807, 2.05) is 36.4 Å². The number of hydrogen-bond donors (Lipinski definition) is 2. The maximum Gasteiger partial charge on any atom is 0.327 e. The zero-order valence-corrected chi connectivity index (χ0v) is 12.9. The fourth-order valence-corrected chi connectivity index (χ4v) is 2.56. The maximum atomic E-state index is 13.9. The van der Waals surface area contributed by atoms with Gasteiger partial charge in [-0.15, -0.1) is 0 Å². The third-order valence-corrected chi connectivity index (χ3v) is 3.70. The lowest BCUT2D eigenvalue weighted by atomic mass is 10.1. The van der Waals surface area contributed by atoms with E-state index in [2.05, 4.69) is 10.3 Å². The van der Waals surface area contributed by atoms with Gasteiger partial charge in [0.15, 0.2) is 0 Å². The molecule has 0 fully saturated rings. The molecule has 0 aliphatic heterocycles. The molecule has 0 aliphatic rings. The minimum absolute atomic E-state index is 0.365. The maximum absolute atomic E-state index is 13.9. The first-order chi connectivity index (χ1) is 11.1. The van der Waals surface area contributed by atoms with Crippen LogP contribution in [0, 0.1) is 5.82 Å². The van der Waals surface area contributed by atoms with Crippen LogP contribution in [0.4, 0.5) is 10.1 Å². The molecule has 1 aromatic heterocycles. The molecule has 4 nitrogen and oxygen atoms in total. The summed E-state index contributed by atoms with van der Waals surface area (Å²) < 4.78 is 18.6. The van der Waals surface area contributed by atoms with E-state index in [-0.39, 0.29) is 5.82 Å². The highest BCUT2D eigenvalue weighted by Gasteiger charge is 2.16. The van der Waals surface area contributed by atoms with Crippen molar-refractivity contribution in [3.05, 3.63) is 54.3 Å². The number of fused-ring (bicyclic) bond motifs is 1. The molecular weight excluding hydrogens is 295 g/mol. The monoisotopic (exact) mass is 312 g/mol. The Morgan fingerprint density at radius 3 is 2.65 bits per heavy atom. The van der Waals surface area contributed by atoms with Gasteiger partial charge in [0, 0.05) is 11.1 Å². The number of methoxy groups -OCH3 is 1. The predicted molar refractivity (Wildman–Crippen MR) is 88.8 cm³/mol. The third kappa shape index (κ3) is 3.04. The number of aromatic amines is 1. The molecule has 0 saturated carbocycles. The molecule has 0 bridgehead atoms. The predicted octanol–water partition coefficient (Wildman–Crippen LogP) is 3.95. The minimum Gasteiger partial charge on any atom is -0.467 e. The van der Waals surface area contributed by atoms with Crippen molar-refractivity contribution in [2.45, 2.75) is 13.0 Å². The molecule has 3 rings (SSSR count). The van der Waals surface area contributed by atoms with Crippen LogP contribution in [0.25, 0.3) is 22.2 Å². The van der Waals surface area contributed by atoms with Gasteiger partial charge in [0.2, 0.25) is 0 Å². The fourth-order valence-electron chi connectivity index (χ4n) is 2.56. The lowest BCUT2D eigenvalue weighted by molar-refractivity contribution is -0.141. The summed E-state index contributed by atoms with van der Waals surface area (Å²) in [5, 5.41) is 3.73. The topological polar surface area (TPSA) is 54.1 Å². The molecule has 118 valence electrons. The zero-order valence-electron chi connectivity index (χ0n) is 12.9. The van der Waals surface area contributed by atoms with E-state index in [1.165, 1.54) is 19.2 Å². The standard InChI is InChI=1S/C18H17FN2O2/c1-11(18(22)23-2)20-16-10-14(19)8-13-9-15(21-17(13)16)12-6-4-3-5-7-12/h3-11,20-21H,1-2H3. The van der Waals surface area contributed by atoms with E-state index in [9.17, 15) is 9.18 Å². The first kappa shape index (κ1) is 15.1. The normalized spacial score (nSPS) is 12.1. The lowest BCUT2D eigenvalue weighted by Gasteiger charge is -2.13. The Bertz CT molecular complexity index is 843. The van der Waals surface area contributed by atoms with Crippen molar-refractivity contribution < 1.29 is 13.9 Å². The molecule has 0 spiro atoms. The number of anilines is 1.